The predicted molar refractivity (Wildman–Crippen MR) is 76.5 cm³/mol. The topological polar surface area (TPSA) is 47.7 Å². The average molecular weight is 271 g/mol. The number of hydrogen-bond acceptors (Lipinski definition) is 3. The minimum atomic E-state index is 0.710. The number of fused-ring (bicyclic) bond motifs is 1. The summed E-state index contributed by atoms with van der Waals surface area (Å²) in [4.78, 5) is 9.34. The molecule has 1 aliphatic carbocycles. The Hall–Kier alpha value is -1.62. The molecule has 1 N–H and O–H groups in total. The van der Waals surface area contributed by atoms with Gasteiger partial charge in [-0.3, -0.25) is 0 Å². The van der Waals surface area contributed by atoms with Crippen LogP contribution in [0.5, 0.6) is 0 Å². The van der Waals surface area contributed by atoms with Gasteiger partial charge in [-0.05, 0) is 12.8 Å². The monoisotopic (exact) mass is 271 g/mol. The molecule has 5 nitrogen and oxygen atoms in total. The molecule has 2 aromatic heterocycles. The molecule has 5 heteroatoms. The van der Waals surface area contributed by atoms with Gasteiger partial charge in [0.1, 0.15) is 11.6 Å². The molecule has 0 spiro atoms. The number of nitrogens with zero attached hydrogens (tertiary/aromatic N) is 4. The first-order chi connectivity index (χ1) is 9.83. The summed E-state index contributed by atoms with van der Waals surface area (Å²) in [5.41, 5.74) is 2.73. The summed E-state index contributed by atoms with van der Waals surface area (Å²) in [7, 11) is 2.07. The molecule has 2 aliphatic rings. The number of aromatic nitrogens is 4. The van der Waals surface area contributed by atoms with E-state index in [1.54, 1.807) is 0 Å². The van der Waals surface area contributed by atoms with Crippen LogP contribution < -0.4 is 5.32 Å². The molecule has 0 radical (unpaired) electrons. The van der Waals surface area contributed by atoms with E-state index in [0.717, 1.165) is 38.3 Å². The Morgan fingerprint density at radius 3 is 3.05 bits per heavy atom. The van der Waals surface area contributed by atoms with Crippen molar-refractivity contribution in [2.24, 2.45) is 7.05 Å². The molecule has 1 saturated carbocycles. The minimum Gasteiger partial charge on any atom is -0.338 e. The van der Waals surface area contributed by atoms with Gasteiger partial charge in [0.2, 0.25) is 0 Å². The molecule has 0 aromatic carbocycles. The molecule has 1 aliphatic heterocycles. The zero-order valence-corrected chi connectivity index (χ0v) is 12.0. The fourth-order valence-electron chi connectivity index (χ4n) is 3.14. The molecule has 106 valence electrons. The van der Waals surface area contributed by atoms with Gasteiger partial charge in [-0.1, -0.05) is 0 Å². The Bertz CT molecular complexity index is 620. The molecule has 0 bridgehead atoms. The van der Waals surface area contributed by atoms with Crippen LogP contribution in [0.15, 0.2) is 12.4 Å². The molecular weight excluding hydrogens is 250 g/mol. The van der Waals surface area contributed by atoms with Crippen molar-refractivity contribution in [3.63, 3.8) is 0 Å². The van der Waals surface area contributed by atoms with Gasteiger partial charge < -0.3 is 14.5 Å². The second kappa shape index (κ2) is 4.74. The van der Waals surface area contributed by atoms with E-state index >= 15 is 0 Å². The van der Waals surface area contributed by atoms with Crippen LogP contribution in [-0.2, 0) is 33.0 Å². The highest BCUT2D eigenvalue weighted by molar-refractivity contribution is 5.24. The van der Waals surface area contributed by atoms with Crippen LogP contribution >= 0.6 is 0 Å². The Labute approximate surface area is 119 Å². The van der Waals surface area contributed by atoms with E-state index in [4.69, 9.17) is 4.98 Å². The predicted octanol–water partition coefficient (Wildman–Crippen LogP) is 1.38. The fraction of sp³-hybridized carbons (Fsp3) is 0.600. The number of rotatable bonds is 4. The van der Waals surface area contributed by atoms with E-state index in [0.29, 0.717) is 5.92 Å². The van der Waals surface area contributed by atoms with Crippen LogP contribution in [0.25, 0.3) is 0 Å². The first kappa shape index (κ1) is 12.1. The van der Waals surface area contributed by atoms with E-state index in [1.807, 2.05) is 12.4 Å². The minimum absolute atomic E-state index is 0.710. The second-order valence-corrected chi connectivity index (χ2v) is 5.92. The normalized spacial score (nSPS) is 18.2. The van der Waals surface area contributed by atoms with Gasteiger partial charge in [0.25, 0.3) is 0 Å². The largest absolute Gasteiger partial charge is 0.338 e. The summed E-state index contributed by atoms with van der Waals surface area (Å²) in [6.45, 7) is 3.02. The van der Waals surface area contributed by atoms with Crippen molar-refractivity contribution < 1.29 is 0 Å². The molecule has 0 amide bonds. The maximum absolute atomic E-state index is 4.91. The quantitative estimate of drug-likeness (QED) is 0.914. The highest BCUT2D eigenvalue weighted by atomic mass is 15.1. The van der Waals surface area contributed by atoms with Gasteiger partial charge in [-0.2, -0.15) is 0 Å². The zero-order chi connectivity index (χ0) is 13.5. The summed E-state index contributed by atoms with van der Waals surface area (Å²) in [6.07, 6.45) is 8.61. The van der Waals surface area contributed by atoms with E-state index in [-0.39, 0.29) is 0 Å². The Balaban J connectivity index is 1.62. The van der Waals surface area contributed by atoms with Gasteiger partial charge in [0.15, 0.2) is 0 Å². The number of hydrogen-bond donors (Lipinski definition) is 1. The fourth-order valence-corrected chi connectivity index (χ4v) is 3.14. The van der Waals surface area contributed by atoms with Gasteiger partial charge in [-0.25, -0.2) is 9.97 Å². The van der Waals surface area contributed by atoms with E-state index < -0.39 is 0 Å². The van der Waals surface area contributed by atoms with Crippen molar-refractivity contribution in [2.75, 3.05) is 6.54 Å². The zero-order valence-electron chi connectivity index (χ0n) is 12.0. The molecule has 20 heavy (non-hydrogen) atoms. The van der Waals surface area contributed by atoms with Crippen molar-refractivity contribution in [2.45, 2.75) is 44.7 Å². The highest BCUT2D eigenvalue weighted by Crippen LogP contribution is 2.40. The average Bonchev–Trinajstić information content (AvgIpc) is 3.13. The lowest BCUT2D eigenvalue weighted by atomic mass is 10.2. The first-order valence-corrected chi connectivity index (χ1v) is 7.58. The van der Waals surface area contributed by atoms with E-state index in [1.165, 1.54) is 30.1 Å². The molecule has 4 rings (SSSR count). The number of aryl methyl sites for hydroxylation is 2. The number of nitrogens with one attached hydrogen (secondary N) is 1. The van der Waals surface area contributed by atoms with Crippen LogP contribution in [0.4, 0.5) is 0 Å². The third-order valence-corrected chi connectivity index (χ3v) is 4.44. The van der Waals surface area contributed by atoms with Gasteiger partial charge >= 0.3 is 0 Å². The second-order valence-electron chi connectivity index (χ2n) is 5.92. The summed E-state index contributed by atoms with van der Waals surface area (Å²) >= 11 is 0. The van der Waals surface area contributed by atoms with E-state index in [9.17, 15) is 0 Å². The maximum Gasteiger partial charge on any atom is 0.112 e. The van der Waals surface area contributed by atoms with Crippen molar-refractivity contribution in [1.29, 1.82) is 0 Å². The Morgan fingerprint density at radius 1 is 1.40 bits per heavy atom. The molecule has 1 fully saturated rings. The van der Waals surface area contributed by atoms with Gasteiger partial charge in [0.05, 0.1) is 5.69 Å². The summed E-state index contributed by atoms with van der Waals surface area (Å²) in [5.74, 6) is 3.19. The smallest absolute Gasteiger partial charge is 0.112 e. The van der Waals surface area contributed by atoms with Crippen LogP contribution in [-0.4, -0.2) is 25.6 Å². The van der Waals surface area contributed by atoms with E-state index in [2.05, 4.69) is 26.5 Å². The lowest BCUT2D eigenvalue weighted by molar-refractivity contribution is 0.565. The Kier molecular flexibility index (Phi) is 2.88. The third-order valence-electron chi connectivity index (χ3n) is 4.44. The first-order valence-electron chi connectivity index (χ1n) is 7.58. The molecular formula is C15H21N5. The van der Waals surface area contributed by atoms with Gasteiger partial charge in [0, 0.05) is 63.5 Å². The SMILES string of the molecule is Cn1ccnc1CCn1c(C2CC2)nc2c1CCNC2. The molecule has 0 saturated heterocycles. The standard InChI is InChI=1S/C15H21N5/c1-19-9-7-17-14(19)5-8-20-13-4-6-16-10-12(13)18-15(20)11-2-3-11/h7,9,11,16H,2-6,8,10H2,1H3. The molecule has 0 atom stereocenters. The lowest BCUT2D eigenvalue weighted by Gasteiger charge is -2.16. The van der Waals surface area contributed by atoms with Crippen LogP contribution in [0, 0.1) is 0 Å². The molecule has 0 unspecified atom stereocenters. The summed E-state index contributed by atoms with van der Waals surface area (Å²) < 4.78 is 4.60. The van der Waals surface area contributed by atoms with Gasteiger partial charge in [-0.15, -0.1) is 0 Å². The van der Waals surface area contributed by atoms with Crippen molar-refractivity contribution in [1.82, 2.24) is 24.4 Å². The summed E-state index contributed by atoms with van der Waals surface area (Å²) in [5, 5.41) is 3.43. The van der Waals surface area contributed by atoms with Crippen molar-refractivity contribution >= 4 is 0 Å². The summed E-state index contributed by atoms with van der Waals surface area (Å²) in [6, 6.07) is 0. The van der Waals surface area contributed by atoms with Crippen LogP contribution in [0.3, 0.4) is 0 Å². The van der Waals surface area contributed by atoms with Crippen molar-refractivity contribution in [3.05, 3.63) is 35.4 Å². The van der Waals surface area contributed by atoms with Crippen LogP contribution in [0.2, 0.25) is 0 Å². The molecule has 2 aromatic rings. The third kappa shape index (κ3) is 2.06. The lowest BCUT2D eigenvalue weighted by Crippen LogP contribution is -2.25. The number of imidazole rings is 2. The van der Waals surface area contributed by atoms with Crippen molar-refractivity contribution in [3.8, 4) is 0 Å². The highest BCUT2D eigenvalue weighted by Gasteiger charge is 2.31. The molecule has 3 heterocycles. The Morgan fingerprint density at radius 2 is 2.30 bits per heavy atom. The van der Waals surface area contributed by atoms with Crippen LogP contribution in [0.1, 0.15) is 41.8 Å². The maximum atomic E-state index is 4.91.